The van der Waals surface area contributed by atoms with Crippen molar-refractivity contribution in [1.29, 1.82) is 0 Å². The van der Waals surface area contributed by atoms with Crippen LogP contribution >= 0.6 is 0 Å². The summed E-state index contributed by atoms with van der Waals surface area (Å²) in [5, 5.41) is 2.84. The lowest BCUT2D eigenvalue weighted by molar-refractivity contribution is -0.118. The molecule has 0 aliphatic carbocycles. The SMILES string of the molecule is CC[C@H](C)c1ccc(OCC(=O)Nc2ccc3oc(-c4cccc(OC)c4)nc3c2)cc1. The highest BCUT2D eigenvalue weighted by atomic mass is 16.5. The van der Waals surface area contributed by atoms with E-state index < -0.39 is 0 Å². The number of methoxy groups -OCH3 is 1. The summed E-state index contributed by atoms with van der Waals surface area (Å²) in [5.41, 5.74) is 4.00. The molecular formula is C26H26N2O4. The molecule has 1 N–H and O–H groups in total. The third kappa shape index (κ3) is 4.91. The zero-order valence-electron chi connectivity index (χ0n) is 18.4. The van der Waals surface area contributed by atoms with Crippen molar-refractivity contribution in [2.24, 2.45) is 0 Å². The van der Waals surface area contributed by atoms with Crippen LogP contribution in [0.1, 0.15) is 31.7 Å². The number of anilines is 1. The van der Waals surface area contributed by atoms with Crippen LogP contribution in [-0.2, 0) is 4.79 Å². The van der Waals surface area contributed by atoms with Gasteiger partial charge in [0.05, 0.1) is 7.11 Å². The Morgan fingerprint density at radius 3 is 2.62 bits per heavy atom. The summed E-state index contributed by atoms with van der Waals surface area (Å²) in [6.07, 6.45) is 1.08. The topological polar surface area (TPSA) is 73.6 Å². The Morgan fingerprint density at radius 2 is 1.88 bits per heavy atom. The molecule has 3 aromatic carbocycles. The molecule has 0 unspecified atom stereocenters. The van der Waals surface area contributed by atoms with Crippen molar-refractivity contribution in [3.8, 4) is 23.0 Å². The lowest BCUT2D eigenvalue weighted by Crippen LogP contribution is -2.20. The van der Waals surface area contributed by atoms with Gasteiger partial charge in [-0.3, -0.25) is 4.79 Å². The van der Waals surface area contributed by atoms with Crippen molar-refractivity contribution in [3.05, 3.63) is 72.3 Å². The Balaban J connectivity index is 1.40. The Kier molecular flexibility index (Phi) is 6.40. The van der Waals surface area contributed by atoms with E-state index in [4.69, 9.17) is 13.9 Å². The maximum Gasteiger partial charge on any atom is 0.262 e. The molecule has 1 amide bonds. The second kappa shape index (κ2) is 9.56. The quantitative estimate of drug-likeness (QED) is 0.369. The number of hydrogen-bond acceptors (Lipinski definition) is 5. The number of nitrogens with one attached hydrogen (secondary N) is 1. The number of rotatable bonds is 8. The number of ether oxygens (including phenoxy) is 2. The van der Waals surface area contributed by atoms with Gasteiger partial charge in [0.15, 0.2) is 12.2 Å². The minimum absolute atomic E-state index is 0.0748. The molecule has 32 heavy (non-hydrogen) atoms. The molecule has 4 rings (SSSR count). The van der Waals surface area contributed by atoms with Gasteiger partial charge in [-0.25, -0.2) is 4.98 Å². The van der Waals surface area contributed by atoms with Crippen LogP contribution in [-0.4, -0.2) is 24.6 Å². The average Bonchev–Trinajstić information content (AvgIpc) is 3.26. The van der Waals surface area contributed by atoms with Crippen LogP contribution in [0.5, 0.6) is 11.5 Å². The van der Waals surface area contributed by atoms with Gasteiger partial charge < -0.3 is 19.2 Å². The normalized spacial score (nSPS) is 11.8. The number of carbonyl (C=O) groups excluding carboxylic acids is 1. The molecule has 0 radical (unpaired) electrons. The van der Waals surface area contributed by atoms with E-state index >= 15 is 0 Å². The zero-order valence-corrected chi connectivity index (χ0v) is 18.4. The van der Waals surface area contributed by atoms with Crippen LogP contribution in [0.2, 0.25) is 0 Å². The van der Waals surface area contributed by atoms with Gasteiger partial charge >= 0.3 is 0 Å². The number of aromatic nitrogens is 1. The molecule has 0 bridgehead atoms. The van der Waals surface area contributed by atoms with Gasteiger partial charge in [-0.15, -0.1) is 0 Å². The smallest absolute Gasteiger partial charge is 0.262 e. The summed E-state index contributed by atoms with van der Waals surface area (Å²) in [4.78, 5) is 16.9. The summed E-state index contributed by atoms with van der Waals surface area (Å²) in [6, 6.07) is 20.7. The number of hydrogen-bond donors (Lipinski definition) is 1. The van der Waals surface area contributed by atoms with Gasteiger partial charge in [-0.05, 0) is 66.4 Å². The molecule has 6 nitrogen and oxygen atoms in total. The Hall–Kier alpha value is -3.80. The van der Waals surface area contributed by atoms with Gasteiger partial charge in [-0.2, -0.15) is 0 Å². The molecule has 0 fully saturated rings. The van der Waals surface area contributed by atoms with Gasteiger partial charge in [0.25, 0.3) is 5.91 Å². The second-order valence-electron chi connectivity index (χ2n) is 7.65. The van der Waals surface area contributed by atoms with Crippen molar-refractivity contribution < 1.29 is 18.7 Å². The summed E-state index contributed by atoms with van der Waals surface area (Å²) < 4.78 is 16.7. The van der Waals surface area contributed by atoms with E-state index in [9.17, 15) is 4.79 Å². The number of oxazole rings is 1. The lowest BCUT2D eigenvalue weighted by atomic mass is 9.99. The minimum atomic E-state index is -0.244. The fourth-order valence-corrected chi connectivity index (χ4v) is 3.36. The highest BCUT2D eigenvalue weighted by molar-refractivity contribution is 5.94. The van der Waals surface area contributed by atoms with Crippen LogP contribution in [0.15, 0.2) is 71.1 Å². The standard InChI is InChI=1S/C26H26N2O4/c1-4-17(2)18-8-11-21(12-9-18)31-16-25(29)27-20-10-13-24-23(15-20)28-26(32-24)19-6-5-7-22(14-19)30-3/h5-15,17H,4,16H2,1-3H3,(H,27,29)/t17-/m0/s1. The molecule has 164 valence electrons. The summed E-state index contributed by atoms with van der Waals surface area (Å²) >= 11 is 0. The van der Waals surface area contributed by atoms with Crippen molar-refractivity contribution >= 4 is 22.7 Å². The molecule has 0 aliphatic heterocycles. The van der Waals surface area contributed by atoms with Gasteiger partial charge in [-0.1, -0.05) is 32.0 Å². The van der Waals surface area contributed by atoms with Gasteiger partial charge in [0, 0.05) is 11.3 Å². The fourth-order valence-electron chi connectivity index (χ4n) is 3.36. The van der Waals surface area contributed by atoms with E-state index in [0.717, 1.165) is 17.7 Å². The van der Waals surface area contributed by atoms with E-state index in [1.54, 1.807) is 25.3 Å². The fraction of sp³-hybridized carbons (Fsp3) is 0.231. The Bertz CT molecular complexity index is 1210. The average molecular weight is 431 g/mol. The van der Waals surface area contributed by atoms with Crippen LogP contribution in [0.3, 0.4) is 0 Å². The van der Waals surface area contributed by atoms with Gasteiger partial charge in [0.1, 0.15) is 17.0 Å². The molecule has 0 spiro atoms. The molecule has 6 heteroatoms. The number of amides is 1. The molecule has 1 aromatic heterocycles. The first-order chi connectivity index (χ1) is 15.6. The monoisotopic (exact) mass is 430 g/mol. The highest BCUT2D eigenvalue weighted by Gasteiger charge is 2.11. The number of fused-ring (bicyclic) bond motifs is 1. The van der Waals surface area contributed by atoms with Gasteiger partial charge in [0.2, 0.25) is 5.89 Å². The number of nitrogens with zero attached hydrogens (tertiary/aromatic N) is 1. The van der Waals surface area contributed by atoms with Crippen molar-refractivity contribution in [1.82, 2.24) is 4.98 Å². The Morgan fingerprint density at radius 1 is 1.06 bits per heavy atom. The van der Waals surface area contributed by atoms with Crippen LogP contribution in [0.25, 0.3) is 22.6 Å². The molecule has 1 heterocycles. The van der Waals surface area contributed by atoms with Crippen molar-refractivity contribution in [3.63, 3.8) is 0 Å². The molecule has 0 saturated carbocycles. The third-order valence-electron chi connectivity index (χ3n) is 5.42. The van der Waals surface area contributed by atoms with E-state index in [2.05, 4.69) is 24.1 Å². The van der Waals surface area contributed by atoms with Crippen LogP contribution in [0.4, 0.5) is 5.69 Å². The predicted molar refractivity (Wildman–Crippen MR) is 125 cm³/mol. The molecule has 1 atom stereocenters. The molecule has 0 aliphatic rings. The first-order valence-electron chi connectivity index (χ1n) is 10.6. The van der Waals surface area contributed by atoms with E-state index in [1.807, 2.05) is 48.5 Å². The summed E-state index contributed by atoms with van der Waals surface area (Å²) in [5.74, 6) is 2.15. The minimum Gasteiger partial charge on any atom is -0.497 e. The molecule has 4 aromatic rings. The largest absolute Gasteiger partial charge is 0.497 e. The molecular weight excluding hydrogens is 404 g/mol. The maximum atomic E-state index is 12.3. The van der Waals surface area contributed by atoms with Crippen molar-refractivity contribution in [2.45, 2.75) is 26.2 Å². The predicted octanol–water partition coefficient (Wildman–Crippen LogP) is 6.03. The first kappa shape index (κ1) is 21.4. The first-order valence-corrected chi connectivity index (χ1v) is 10.6. The highest BCUT2D eigenvalue weighted by Crippen LogP contribution is 2.28. The van der Waals surface area contributed by atoms with Crippen LogP contribution < -0.4 is 14.8 Å². The lowest BCUT2D eigenvalue weighted by Gasteiger charge is -2.11. The van der Waals surface area contributed by atoms with E-state index in [-0.39, 0.29) is 12.5 Å². The summed E-state index contributed by atoms with van der Waals surface area (Å²) in [7, 11) is 1.62. The number of carbonyl (C=O) groups is 1. The molecule has 0 saturated heterocycles. The van der Waals surface area contributed by atoms with E-state index in [0.29, 0.717) is 34.3 Å². The van der Waals surface area contributed by atoms with E-state index in [1.165, 1.54) is 5.56 Å². The second-order valence-corrected chi connectivity index (χ2v) is 7.65. The summed E-state index contributed by atoms with van der Waals surface area (Å²) in [6.45, 7) is 4.28. The van der Waals surface area contributed by atoms with Crippen LogP contribution in [0, 0.1) is 0 Å². The Labute approximate surface area is 187 Å². The number of benzene rings is 3. The third-order valence-corrected chi connectivity index (χ3v) is 5.42. The van der Waals surface area contributed by atoms with Crippen molar-refractivity contribution in [2.75, 3.05) is 19.0 Å². The maximum absolute atomic E-state index is 12.3. The zero-order chi connectivity index (χ0) is 22.5.